The molecule has 4 heterocycles. The number of benzene rings is 2. The summed E-state index contributed by atoms with van der Waals surface area (Å²) in [5.41, 5.74) is 2.23. The number of ether oxygens (including phenoxy) is 4. The van der Waals surface area contributed by atoms with Crippen molar-refractivity contribution in [3.63, 3.8) is 0 Å². The van der Waals surface area contributed by atoms with E-state index in [1.165, 1.54) is 19.2 Å². The number of hydrogen-bond acceptors (Lipinski definition) is 11. The molecule has 0 saturated carbocycles. The van der Waals surface area contributed by atoms with Gasteiger partial charge in [0.25, 0.3) is 0 Å². The molecule has 16 heteroatoms. The Balaban J connectivity index is 1.41. The van der Waals surface area contributed by atoms with Crippen molar-refractivity contribution in [3.05, 3.63) is 71.0 Å². The number of hydrogen-bond donors (Lipinski definition) is 1. The van der Waals surface area contributed by atoms with Crippen LogP contribution in [0, 0.1) is 5.92 Å². The minimum atomic E-state index is -4.22. The fourth-order valence-electron chi connectivity index (χ4n) is 7.26. The highest BCUT2D eigenvalue weighted by molar-refractivity contribution is 7.89. The van der Waals surface area contributed by atoms with Crippen molar-refractivity contribution in [3.8, 4) is 23.0 Å². The van der Waals surface area contributed by atoms with Crippen LogP contribution in [0.3, 0.4) is 0 Å². The lowest BCUT2D eigenvalue weighted by molar-refractivity contribution is -0.131. The summed E-state index contributed by atoms with van der Waals surface area (Å²) in [4.78, 5) is 40.9. The average Bonchev–Trinajstić information content (AvgIpc) is 3.19. The predicted molar refractivity (Wildman–Crippen MR) is 209 cm³/mol. The maximum absolute atomic E-state index is 14.2. The molecule has 0 radical (unpaired) electrons. The summed E-state index contributed by atoms with van der Waals surface area (Å²) in [6, 6.07) is 11.9. The Hall–Kier alpha value is -4.86. The molecule has 0 aliphatic carbocycles. The van der Waals surface area contributed by atoms with Crippen molar-refractivity contribution in [1.82, 2.24) is 24.5 Å². The molecule has 2 aromatic carbocycles. The van der Waals surface area contributed by atoms with Crippen LogP contribution in [0.5, 0.6) is 23.0 Å². The number of aromatic nitrogens is 2. The maximum atomic E-state index is 14.2. The summed E-state index contributed by atoms with van der Waals surface area (Å²) >= 11 is 6.24. The van der Waals surface area contributed by atoms with E-state index in [0.717, 1.165) is 40.6 Å². The van der Waals surface area contributed by atoms with E-state index in [0.29, 0.717) is 60.6 Å². The molecule has 1 unspecified atom stereocenters. The first kappa shape index (κ1) is 39.8. The summed E-state index contributed by atoms with van der Waals surface area (Å²) in [5.74, 6) is 1.74. The molecule has 294 valence electrons. The molecule has 14 nitrogen and oxygen atoms in total. The van der Waals surface area contributed by atoms with Crippen molar-refractivity contribution in [1.29, 1.82) is 0 Å². The summed E-state index contributed by atoms with van der Waals surface area (Å²) in [7, 11) is 1.84. The van der Waals surface area contributed by atoms with E-state index in [-0.39, 0.29) is 53.5 Å². The lowest BCUT2D eigenvalue weighted by Gasteiger charge is -2.36. The first-order valence-electron chi connectivity index (χ1n) is 18.2. The molecule has 6 rings (SSSR count). The minimum Gasteiger partial charge on any atom is -0.495 e. The largest absolute Gasteiger partial charge is 0.495 e. The van der Waals surface area contributed by atoms with Gasteiger partial charge in [-0.2, -0.15) is 4.31 Å². The normalized spacial score (nSPS) is 17.6. The lowest BCUT2D eigenvalue weighted by Crippen LogP contribution is -2.45. The van der Waals surface area contributed by atoms with E-state index in [2.05, 4.69) is 15.2 Å². The number of fused-ring (bicyclic) bond motifs is 5. The lowest BCUT2D eigenvalue weighted by atomic mass is 9.97. The number of rotatable bonds is 8. The highest BCUT2D eigenvalue weighted by Crippen LogP contribution is 2.44. The van der Waals surface area contributed by atoms with Crippen LogP contribution in [0.25, 0.3) is 10.9 Å². The van der Waals surface area contributed by atoms with Crippen molar-refractivity contribution in [2.45, 2.75) is 43.5 Å². The Morgan fingerprint density at radius 3 is 2.44 bits per heavy atom. The van der Waals surface area contributed by atoms with Crippen LogP contribution in [-0.2, 0) is 32.6 Å². The highest BCUT2D eigenvalue weighted by atomic mass is 35.5. The SMILES string of the molecule is COc1ccc(Cl)cc1S(=O)(=O)N1CCCCN(C(=O)Cc2cccnc2)Cc2cc3c(OC)c(OC)c(OC)cc3nc2N2CCCC(CNC(=O)C1)C2. The molecular formula is C39H47ClN6O8S. The van der Waals surface area contributed by atoms with Crippen LogP contribution in [0.1, 0.15) is 36.8 Å². The number of amides is 2. The first-order chi connectivity index (χ1) is 26.6. The van der Waals surface area contributed by atoms with Crippen molar-refractivity contribution < 1.29 is 37.0 Å². The summed E-state index contributed by atoms with van der Waals surface area (Å²) < 4.78 is 52.0. The summed E-state index contributed by atoms with van der Waals surface area (Å²) in [6.07, 6.45) is 5.95. The van der Waals surface area contributed by atoms with Crippen molar-refractivity contribution in [2.24, 2.45) is 5.92 Å². The molecule has 2 aliphatic rings. The van der Waals surface area contributed by atoms with E-state index in [1.54, 1.807) is 50.8 Å². The third-order valence-corrected chi connectivity index (χ3v) is 12.1. The second-order valence-corrected chi connectivity index (χ2v) is 16.0. The third kappa shape index (κ3) is 9.00. The van der Waals surface area contributed by atoms with Crippen LogP contribution in [0.4, 0.5) is 5.82 Å². The number of sulfonamides is 1. The van der Waals surface area contributed by atoms with Gasteiger partial charge in [-0.3, -0.25) is 14.6 Å². The number of carbonyl (C=O) groups is 2. The van der Waals surface area contributed by atoms with Crippen LogP contribution in [0.2, 0.25) is 5.02 Å². The van der Waals surface area contributed by atoms with Crippen LogP contribution in [-0.4, -0.2) is 107 Å². The zero-order chi connectivity index (χ0) is 39.1. The van der Waals surface area contributed by atoms with E-state index >= 15 is 0 Å². The smallest absolute Gasteiger partial charge is 0.247 e. The van der Waals surface area contributed by atoms with Gasteiger partial charge >= 0.3 is 0 Å². The number of methoxy groups -OCH3 is 4. The number of piperidine rings is 1. The summed E-state index contributed by atoms with van der Waals surface area (Å²) in [6.45, 7) is 1.83. The number of nitrogens with zero attached hydrogens (tertiary/aromatic N) is 5. The predicted octanol–water partition coefficient (Wildman–Crippen LogP) is 4.71. The molecule has 2 aromatic heterocycles. The van der Waals surface area contributed by atoms with Gasteiger partial charge in [-0.05, 0) is 67.5 Å². The van der Waals surface area contributed by atoms with Gasteiger partial charge in [0.1, 0.15) is 16.5 Å². The van der Waals surface area contributed by atoms with Gasteiger partial charge in [0.15, 0.2) is 11.5 Å². The fraction of sp³-hybridized carbons (Fsp3) is 0.436. The van der Waals surface area contributed by atoms with Gasteiger partial charge in [-0.15, -0.1) is 0 Å². The van der Waals surface area contributed by atoms with E-state index in [4.69, 9.17) is 35.5 Å². The second-order valence-electron chi connectivity index (χ2n) is 13.6. The van der Waals surface area contributed by atoms with Gasteiger partial charge in [-0.1, -0.05) is 17.7 Å². The molecule has 2 bridgehead atoms. The molecule has 0 spiro atoms. The Kier molecular flexibility index (Phi) is 12.8. The molecular weight excluding hydrogens is 748 g/mol. The van der Waals surface area contributed by atoms with Gasteiger partial charge in [0.05, 0.1) is 46.9 Å². The van der Waals surface area contributed by atoms with E-state index in [9.17, 15) is 18.0 Å². The quantitative estimate of drug-likeness (QED) is 0.264. The topological polar surface area (TPSA) is 153 Å². The Bertz CT molecular complexity index is 2120. The molecule has 1 atom stereocenters. The zero-order valence-electron chi connectivity index (χ0n) is 31.5. The van der Waals surface area contributed by atoms with Crippen LogP contribution >= 0.6 is 11.6 Å². The Labute approximate surface area is 326 Å². The van der Waals surface area contributed by atoms with E-state index in [1.807, 2.05) is 18.2 Å². The van der Waals surface area contributed by atoms with Gasteiger partial charge in [0.2, 0.25) is 27.6 Å². The average molecular weight is 795 g/mol. The number of pyridine rings is 2. The van der Waals surface area contributed by atoms with Crippen molar-refractivity contribution >= 4 is 50.2 Å². The molecule has 2 amide bonds. The third-order valence-electron chi connectivity index (χ3n) is 10.0. The van der Waals surface area contributed by atoms with Gasteiger partial charge < -0.3 is 34.1 Å². The molecule has 1 fully saturated rings. The molecule has 1 N–H and O–H groups in total. The first-order valence-corrected chi connectivity index (χ1v) is 20.0. The standard InChI is InChI=1S/C39H47ClN6O8S/c1-51-32-12-11-29(40)19-34(32)55(49,50)46-16-6-5-14-44(36(48)17-26-9-7-13-41-21-26)24-28-18-30-31(20-33(52-2)38(54-4)37(30)53-3)43-39(28)45-15-8-10-27(23-45)22-42-35(47)25-46/h7,9,11-13,18-21,27H,5-6,8,10,14-17,22-25H2,1-4H3,(H,42,47). The number of anilines is 1. The highest BCUT2D eigenvalue weighted by Gasteiger charge is 2.32. The zero-order valence-corrected chi connectivity index (χ0v) is 33.1. The summed E-state index contributed by atoms with van der Waals surface area (Å²) in [5, 5.41) is 3.92. The molecule has 2 aliphatic heterocycles. The molecule has 55 heavy (non-hydrogen) atoms. The van der Waals surface area contributed by atoms with Crippen molar-refractivity contribution in [2.75, 3.05) is 72.6 Å². The number of carbonyl (C=O) groups excluding carboxylic acids is 2. The number of nitrogens with one attached hydrogen (secondary N) is 1. The minimum absolute atomic E-state index is 0.0227. The fourth-order valence-corrected chi connectivity index (χ4v) is 9.12. The Morgan fingerprint density at radius 1 is 0.927 bits per heavy atom. The monoisotopic (exact) mass is 794 g/mol. The molecule has 4 aromatic rings. The second kappa shape index (κ2) is 17.7. The molecule has 1 saturated heterocycles. The maximum Gasteiger partial charge on any atom is 0.247 e. The van der Waals surface area contributed by atoms with Gasteiger partial charge in [-0.25, -0.2) is 13.4 Å². The number of halogens is 1. The van der Waals surface area contributed by atoms with Crippen LogP contribution in [0.15, 0.2) is 59.8 Å². The Morgan fingerprint density at radius 2 is 1.71 bits per heavy atom. The van der Waals surface area contributed by atoms with Gasteiger partial charge in [0, 0.05) is 73.7 Å². The van der Waals surface area contributed by atoms with Crippen LogP contribution < -0.4 is 29.2 Å². The van der Waals surface area contributed by atoms with E-state index < -0.39 is 15.9 Å².